The quantitative estimate of drug-likeness (QED) is 0.884. The summed E-state index contributed by atoms with van der Waals surface area (Å²) in [5.41, 5.74) is 0.955. The van der Waals surface area contributed by atoms with Crippen LogP contribution in [0.3, 0.4) is 0 Å². The van der Waals surface area contributed by atoms with Gasteiger partial charge in [-0.15, -0.1) is 11.3 Å². The standard InChI is InChI=1S/C15H23N5S/c1-6-16-12-10(2)13(18-9-11-17-7-8-21-11)20-14(19-12)15(3,4)5/h7-8H,6,9H2,1-5H3,(H2,16,18,19,20). The van der Waals surface area contributed by atoms with E-state index in [0.29, 0.717) is 6.54 Å². The Bertz CT molecular complexity index is 587. The Balaban J connectivity index is 2.31. The maximum absolute atomic E-state index is 4.70. The smallest absolute Gasteiger partial charge is 0.138 e. The Morgan fingerprint density at radius 3 is 2.33 bits per heavy atom. The van der Waals surface area contributed by atoms with Gasteiger partial charge in [0.05, 0.1) is 6.54 Å². The topological polar surface area (TPSA) is 62.7 Å². The van der Waals surface area contributed by atoms with Crippen molar-refractivity contribution < 1.29 is 0 Å². The molecule has 0 aliphatic heterocycles. The van der Waals surface area contributed by atoms with Crippen molar-refractivity contribution >= 4 is 23.0 Å². The monoisotopic (exact) mass is 305 g/mol. The molecule has 2 rings (SSSR count). The van der Waals surface area contributed by atoms with E-state index in [2.05, 4.69) is 48.3 Å². The van der Waals surface area contributed by atoms with Crippen molar-refractivity contribution in [3.05, 3.63) is 28.0 Å². The van der Waals surface area contributed by atoms with E-state index in [1.165, 1.54) is 0 Å². The SMILES string of the molecule is CCNc1nc(C(C)(C)C)nc(NCc2nccs2)c1C. The van der Waals surface area contributed by atoms with Crippen molar-refractivity contribution in [2.24, 2.45) is 0 Å². The second-order valence-electron chi connectivity index (χ2n) is 5.93. The van der Waals surface area contributed by atoms with Crippen LogP contribution < -0.4 is 10.6 Å². The molecule has 0 aliphatic rings. The molecule has 0 atom stereocenters. The number of anilines is 2. The van der Waals surface area contributed by atoms with E-state index in [-0.39, 0.29) is 5.41 Å². The van der Waals surface area contributed by atoms with Gasteiger partial charge in [0.25, 0.3) is 0 Å². The van der Waals surface area contributed by atoms with E-state index >= 15 is 0 Å². The molecule has 0 saturated carbocycles. The van der Waals surface area contributed by atoms with Crippen molar-refractivity contribution in [3.63, 3.8) is 0 Å². The molecule has 2 aromatic rings. The lowest BCUT2D eigenvalue weighted by Gasteiger charge is -2.21. The highest BCUT2D eigenvalue weighted by Gasteiger charge is 2.21. The van der Waals surface area contributed by atoms with Gasteiger partial charge in [-0.05, 0) is 13.8 Å². The van der Waals surface area contributed by atoms with Crippen LogP contribution in [0.2, 0.25) is 0 Å². The molecule has 0 saturated heterocycles. The Morgan fingerprint density at radius 1 is 1.14 bits per heavy atom. The highest BCUT2D eigenvalue weighted by Crippen LogP contribution is 2.26. The first kappa shape index (κ1) is 15.7. The summed E-state index contributed by atoms with van der Waals surface area (Å²) in [6, 6.07) is 0. The molecule has 0 aliphatic carbocycles. The Labute approximate surface area is 130 Å². The van der Waals surface area contributed by atoms with Crippen LogP contribution in [0.1, 0.15) is 44.1 Å². The number of hydrogen-bond acceptors (Lipinski definition) is 6. The van der Waals surface area contributed by atoms with E-state index in [0.717, 1.165) is 34.6 Å². The molecule has 0 fully saturated rings. The van der Waals surface area contributed by atoms with E-state index in [9.17, 15) is 0 Å². The first-order valence-corrected chi connectivity index (χ1v) is 8.05. The number of nitrogens with one attached hydrogen (secondary N) is 2. The van der Waals surface area contributed by atoms with Crippen molar-refractivity contribution in [3.8, 4) is 0 Å². The lowest BCUT2D eigenvalue weighted by molar-refractivity contribution is 0.546. The number of thiazole rings is 1. The molecule has 2 heterocycles. The number of nitrogens with zero attached hydrogens (tertiary/aromatic N) is 3. The van der Waals surface area contributed by atoms with Gasteiger partial charge in [-0.1, -0.05) is 20.8 Å². The summed E-state index contributed by atoms with van der Waals surface area (Å²) >= 11 is 1.64. The summed E-state index contributed by atoms with van der Waals surface area (Å²) in [7, 11) is 0. The fourth-order valence-corrected chi connectivity index (χ4v) is 2.42. The summed E-state index contributed by atoms with van der Waals surface area (Å²) in [6.07, 6.45) is 1.82. The lowest BCUT2D eigenvalue weighted by Crippen LogP contribution is -2.20. The minimum absolute atomic E-state index is 0.0878. The molecule has 21 heavy (non-hydrogen) atoms. The van der Waals surface area contributed by atoms with E-state index < -0.39 is 0 Å². The molecule has 5 nitrogen and oxygen atoms in total. The zero-order valence-corrected chi connectivity index (χ0v) is 14.1. The van der Waals surface area contributed by atoms with Crippen molar-refractivity contribution in [2.45, 2.75) is 46.6 Å². The van der Waals surface area contributed by atoms with Gasteiger partial charge in [-0.2, -0.15) is 0 Å². The first-order chi connectivity index (χ1) is 9.91. The van der Waals surface area contributed by atoms with Gasteiger partial charge < -0.3 is 10.6 Å². The zero-order chi connectivity index (χ0) is 15.5. The third kappa shape index (κ3) is 3.91. The van der Waals surface area contributed by atoms with E-state index in [1.54, 1.807) is 11.3 Å². The molecule has 2 N–H and O–H groups in total. The van der Waals surface area contributed by atoms with Crippen LogP contribution in [0.25, 0.3) is 0 Å². The van der Waals surface area contributed by atoms with Gasteiger partial charge in [0.2, 0.25) is 0 Å². The summed E-state index contributed by atoms with van der Waals surface area (Å²) in [5, 5.41) is 9.73. The van der Waals surface area contributed by atoms with Gasteiger partial charge in [-0.25, -0.2) is 15.0 Å². The Kier molecular flexibility index (Phi) is 4.77. The van der Waals surface area contributed by atoms with Crippen molar-refractivity contribution in [2.75, 3.05) is 17.2 Å². The molecule has 114 valence electrons. The first-order valence-electron chi connectivity index (χ1n) is 7.17. The molecule has 0 spiro atoms. The second-order valence-corrected chi connectivity index (χ2v) is 6.91. The molecular weight excluding hydrogens is 282 g/mol. The Hall–Kier alpha value is -1.69. The van der Waals surface area contributed by atoms with Gasteiger partial charge >= 0.3 is 0 Å². The van der Waals surface area contributed by atoms with Crippen molar-refractivity contribution in [1.29, 1.82) is 0 Å². The molecule has 6 heteroatoms. The number of aromatic nitrogens is 3. The molecule has 2 aromatic heterocycles. The molecule has 0 radical (unpaired) electrons. The predicted octanol–water partition coefficient (Wildman–Crippen LogP) is 3.58. The van der Waals surface area contributed by atoms with Crippen LogP contribution in [0.15, 0.2) is 11.6 Å². The summed E-state index contributed by atoms with van der Waals surface area (Å²) in [6.45, 7) is 12.0. The molecule has 0 unspecified atom stereocenters. The maximum atomic E-state index is 4.70. The molecule has 0 bridgehead atoms. The predicted molar refractivity (Wildman–Crippen MR) is 89.1 cm³/mol. The van der Waals surface area contributed by atoms with Crippen LogP contribution in [-0.4, -0.2) is 21.5 Å². The minimum Gasteiger partial charge on any atom is -0.370 e. The highest BCUT2D eigenvalue weighted by atomic mass is 32.1. The maximum Gasteiger partial charge on any atom is 0.138 e. The fraction of sp³-hybridized carbons (Fsp3) is 0.533. The lowest BCUT2D eigenvalue weighted by atomic mass is 9.95. The van der Waals surface area contributed by atoms with Crippen LogP contribution in [0.4, 0.5) is 11.6 Å². The van der Waals surface area contributed by atoms with Crippen LogP contribution >= 0.6 is 11.3 Å². The van der Waals surface area contributed by atoms with Gasteiger partial charge in [-0.3, -0.25) is 0 Å². The zero-order valence-electron chi connectivity index (χ0n) is 13.3. The van der Waals surface area contributed by atoms with Crippen LogP contribution in [0, 0.1) is 6.92 Å². The third-order valence-electron chi connectivity index (χ3n) is 3.05. The number of rotatable bonds is 5. The minimum atomic E-state index is -0.0878. The third-order valence-corrected chi connectivity index (χ3v) is 3.83. The summed E-state index contributed by atoms with van der Waals surface area (Å²) < 4.78 is 0. The average Bonchev–Trinajstić information content (AvgIpc) is 2.91. The normalized spacial score (nSPS) is 11.5. The Morgan fingerprint density at radius 2 is 1.81 bits per heavy atom. The number of hydrogen-bond donors (Lipinski definition) is 2. The molecular formula is C15H23N5S. The summed E-state index contributed by atoms with van der Waals surface area (Å²) in [5.74, 6) is 2.62. The van der Waals surface area contributed by atoms with Crippen LogP contribution in [-0.2, 0) is 12.0 Å². The largest absolute Gasteiger partial charge is 0.370 e. The average molecular weight is 305 g/mol. The summed E-state index contributed by atoms with van der Waals surface area (Å²) in [4.78, 5) is 13.7. The molecule has 0 amide bonds. The van der Waals surface area contributed by atoms with Gasteiger partial charge in [0.15, 0.2) is 0 Å². The van der Waals surface area contributed by atoms with E-state index in [1.807, 2.05) is 18.5 Å². The fourth-order valence-electron chi connectivity index (χ4n) is 1.86. The molecule has 0 aromatic carbocycles. The van der Waals surface area contributed by atoms with Gasteiger partial charge in [0.1, 0.15) is 22.5 Å². The van der Waals surface area contributed by atoms with Gasteiger partial charge in [0, 0.05) is 29.1 Å². The van der Waals surface area contributed by atoms with Crippen molar-refractivity contribution in [1.82, 2.24) is 15.0 Å². The van der Waals surface area contributed by atoms with E-state index in [4.69, 9.17) is 4.98 Å². The second kappa shape index (κ2) is 6.39. The van der Waals surface area contributed by atoms with Crippen LogP contribution in [0.5, 0.6) is 0 Å². The highest BCUT2D eigenvalue weighted by molar-refractivity contribution is 7.09.